The van der Waals surface area contributed by atoms with Crippen LogP contribution in [0.3, 0.4) is 0 Å². The van der Waals surface area contributed by atoms with Crippen molar-refractivity contribution in [2.24, 2.45) is 0 Å². The van der Waals surface area contributed by atoms with Gasteiger partial charge in [-0.1, -0.05) is 37.3 Å². The molecule has 0 aliphatic rings. The molecule has 0 aliphatic heterocycles. The van der Waals surface area contributed by atoms with Gasteiger partial charge in [-0.3, -0.25) is 0 Å². The van der Waals surface area contributed by atoms with E-state index in [-0.39, 0.29) is 0 Å². The van der Waals surface area contributed by atoms with E-state index in [2.05, 4.69) is 31.2 Å². The van der Waals surface area contributed by atoms with Crippen molar-refractivity contribution in [1.29, 1.82) is 0 Å². The van der Waals surface area contributed by atoms with Gasteiger partial charge in [0.25, 0.3) is 0 Å². The summed E-state index contributed by atoms with van der Waals surface area (Å²) in [6.07, 6.45) is 1.06. The van der Waals surface area contributed by atoms with E-state index >= 15 is 0 Å². The molecule has 2 rings (SSSR count). The molecular formula is C12H13N. The summed E-state index contributed by atoms with van der Waals surface area (Å²) in [5.41, 5.74) is 8.11. The van der Waals surface area contributed by atoms with Crippen LogP contribution in [0.5, 0.6) is 0 Å². The maximum Gasteiger partial charge on any atom is 0.0393 e. The average molecular weight is 171 g/mol. The highest BCUT2D eigenvalue weighted by molar-refractivity contribution is 5.94. The van der Waals surface area contributed by atoms with Crippen LogP contribution in [0.1, 0.15) is 12.5 Å². The van der Waals surface area contributed by atoms with Gasteiger partial charge in [0.15, 0.2) is 0 Å². The van der Waals surface area contributed by atoms with Crippen LogP contribution in [0.4, 0.5) is 5.69 Å². The molecule has 66 valence electrons. The first-order valence-corrected chi connectivity index (χ1v) is 4.59. The van der Waals surface area contributed by atoms with Gasteiger partial charge < -0.3 is 5.73 Å². The SMILES string of the molecule is CCc1cccc2c(N)cccc12. The lowest BCUT2D eigenvalue weighted by Gasteiger charge is -2.05. The number of nitrogens with two attached hydrogens (primary N) is 1. The number of fused-ring (bicyclic) bond motifs is 1. The topological polar surface area (TPSA) is 26.0 Å². The molecule has 0 atom stereocenters. The van der Waals surface area contributed by atoms with Crippen molar-refractivity contribution in [1.82, 2.24) is 0 Å². The third-order valence-electron chi connectivity index (χ3n) is 2.43. The Bertz CT molecular complexity index is 432. The van der Waals surface area contributed by atoms with Crippen LogP contribution in [-0.2, 0) is 6.42 Å². The Kier molecular flexibility index (Phi) is 1.93. The van der Waals surface area contributed by atoms with Crippen molar-refractivity contribution in [2.75, 3.05) is 5.73 Å². The van der Waals surface area contributed by atoms with Gasteiger partial charge in [-0.05, 0) is 23.4 Å². The van der Waals surface area contributed by atoms with E-state index < -0.39 is 0 Å². The number of nitrogen functional groups attached to an aromatic ring is 1. The van der Waals surface area contributed by atoms with E-state index in [0.29, 0.717) is 0 Å². The van der Waals surface area contributed by atoms with E-state index in [9.17, 15) is 0 Å². The molecule has 0 radical (unpaired) electrons. The lowest BCUT2D eigenvalue weighted by Crippen LogP contribution is -1.89. The van der Waals surface area contributed by atoms with Gasteiger partial charge in [0.05, 0.1) is 0 Å². The maximum atomic E-state index is 5.88. The van der Waals surface area contributed by atoms with Gasteiger partial charge in [-0.15, -0.1) is 0 Å². The zero-order valence-corrected chi connectivity index (χ0v) is 7.75. The predicted octanol–water partition coefficient (Wildman–Crippen LogP) is 2.98. The lowest BCUT2D eigenvalue weighted by molar-refractivity contribution is 1.16. The first-order chi connectivity index (χ1) is 6.33. The summed E-state index contributed by atoms with van der Waals surface area (Å²) in [5.74, 6) is 0. The molecule has 13 heavy (non-hydrogen) atoms. The first kappa shape index (κ1) is 8.11. The summed E-state index contributed by atoms with van der Waals surface area (Å²) in [6.45, 7) is 2.16. The summed E-state index contributed by atoms with van der Waals surface area (Å²) in [6, 6.07) is 12.4. The Morgan fingerprint density at radius 1 is 1.00 bits per heavy atom. The van der Waals surface area contributed by atoms with E-state index in [1.807, 2.05) is 12.1 Å². The largest absolute Gasteiger partial charge is 0.398 e. The molecular weight excluding hydrogens is 158 g/mol. The van der Waals surface area contributed by atoms with Crippen LogP contribution in [-0.4, -0.2) is 0 Å². The number of aryl methyl sites for hydroxylation is 1. The molecule has 0 bridgehead atoms. The Labute approximate surface area is 78.2 Å². The lowest BCUT2D eigenvalue weighted by atomic mass is 10.0. The molecule has 0 spiro atoms. The second kappa shape index (κ2) is 3.09. The minimum absolute atomic E-state index is 0.868. The van der Waals surface area contributed by atoms with Crippen LogP contribution in [0, 0.1) is 0 Å². The number of hydrogen-bond acceptors (Lipinski definition) is 1. The van der Waals surface area contributed by atoms with Crippen molar-refractivity contribution in [3.05, 3.63) is 42.0 Å². The zero-order chi connectivity index (χ0) is 9.26. The van der Waals surface area contributed by atoms with Gasteiger partial charge in [-0.2, -0.15) is 0 Å². The van der Waals surface area contributed by atoms with Crippen molar-refractivity contribution >= 4 is 16.5 Å². The van der Waals surface area contributed by atoms with Gasteiger partial charge in [0.1, 0.15) is 0 Å². The minimum atomic E-state index is 0.868. The van der Waals surface area contributed by atoms with Crippen LogP contribution in [0.2, 0.25) is 0 Å². The minimum Gasteiger partial charge on any atom is -0.398 e. The molecule has 0 saturated heterocycles. The fraction of sp³-hybridized carbons (Fsp3) is 0.167. The van der Waals surface area contributed by atoms with Crippen LogP contribution in [0.25, 0.3) is 10.8 Å². The highest BCUT2D eigenvalue weighted by Crippen LogP contribution is 2.23. The first-order valence-electron chi connectivity index (χ1n) is 4.59. The van der Waals surface area contributed by atoms with Crippen LogP contribution in [0.15, 0.2) is 36.4 Å². The van der Waals surface area contributed by atoms with Crippen molar-refractivity contribution in [3.8, 4) is 0 Å². The molecule has 0 fully saturated rings. The van der Waals surface area contributed by atoms with Crippen molar-refractivity contribution < 1.29 is 0 Å². The molecule has 0 heterocycles. The molecule has 2 N–H and O–H groups in total. The fourth-order valence-electron chi connectivity index (χ4n) is 1.71. The zero-order valence-electron chi connectivity index (χ0n) is 7.75. The van der Waals surface area contributed by atoms with Crippen LogP contribution >= 0.6 is 0 Å². The summed E-state index contributed by atoms with van der Waals surface area (Å²) < 4.78 is 0. The Morgan fingerprint density at radius 3 is 2.46 bits per heavy atom. The Balaban J connectivity index is 2.84. The van der Waals surface area contributed by atoms with Gasteiger partial charge in [-0.25, -0.2) is 0 Å². The molecule has 2 aromatic rings. The second-order valence-corrected chi connectivity index (χ2v) is 3.21. The highest BCUT2D eigenvalue weighted by Gasteiger charge is 1.99. The molecule has 0 saturated carbocycles. The smallest absolute Gasteiger partial charge is 0.0393 e. The molecule has 1 heteroatoms. The monoisotopic (exact) mass is 171 g/mol. The Hall–Kier alpha value is -1.50. The highest BCUT2D eigenvalue weighted by atomic mass is 14.5. The van der Waals surface area contributed by atoms with Crippen LogP contribution < -0.4 is 5.73 Å². The number of benzene rings is 2. The molecule has 0 aliphatic carbocycles. The second-order valence-electron chi connectivity index (χ2n) is 3.21. The summed E-state index contributed by atoms with van der Waals surface area (Å²) in [7, 11) is 0. The van der Waals surface area contributed by atoms with E-state index in [0.717, 1.165) is 12.1 Å². The standard InChI is InChI=1S/C12H13N/c1-2-9-5-3-7-11-10(9)6-4-8-12(11)13/h3-8H,2,13H2,1H3. The summed E-state index contributed by atoms with van der Waals surface area (Å²) in [5, 5.41) is 2.45. The molecule has 0 unspecified atom stereocenters. The van der Waals surface area contributed by atoms with Gasteiger partial charge in [0, 0.05) is 11.1 Å². The summed E-state index contributed by atoms with van der Waals surface area (Å²) >= 11 is 0. The molecule has 0 amide bonds. The third-order valence-corrected chi connectivity index (χ3v) is 2.43. The third kappa shape index (κ3) is 1.26. The molecule has 1 nitrogen and oxygen atoms in total. The van der Waals surface area contributed by atoms with E-state index in [1.165, 1.54) is 16.3 Å². The fourth-order valence-corrected chi connectivity index (χ4v) is 1.71. The quantitative estimate of drug-likeness (QED) is 0.656. The maximum absolute atomic E-state index is 5.88. The van der Waals surface area contributed by atoms with E-state index in [1.54, 1.807) is 0 Å². The van der Waals surface area contributed by atoms with Gasteiger partial charge >= 0.3 is 0 Å². The normalized spacial score (nSPS) is 10.5. The van der Waals surface area contributed by atoms with Crippen molar-refractivity contribution in [2.45, 2.75) is 13.3 Å². The predicted molar refractivity (Wildman–Crippen MR) is 57.7 cm³/mol. The molecule has 0 aromatic heterocycles. The summed E-state index contributed by atoms with van der Waals surface area (Å²) in [4.78, 5) is 0. The average Bonchev–Trinajstić information content (AvgIpc) is 2.18. The number of anilines is 1. The Morgan fingerprint density at radius 2 is 1.69 bits per heavy atom. The van der Waals surface area contributed by atoms with E-state index in [4.69, 9.17) is 5.73 Å². The van der Waals surface area contributed by atoms with Gasteiger partial charge in [0.2, 0.25) is 0 Å². The molecule has 2 aromatic carbocycles. The number of hydrogen-bond donors (Lipinski definition) is 1. The van der Waals surface area contributed by atoms with Crippen molar-refractivity contribution in [3.63, 3.8) is 0 Å². The number of rotatable bonds is 1.